The van der Waals surface area contributed by atoms with Gasteiger partial charge in [0.15, 0.2) is 0 Å². The minimum atomic E-state index is -0.865. The molecule has 2 fully saturated rings. The lowest BCUT2D eigenvalue weighted by molar-refractivity contribution is -0.150. The summed E-state index contributed by atoms with van der Waals surface area (Å²) in [6.07, 6.45) is -1.49. The molecule has 0 spiro atoms. The second-order valence-electron chi connectivity index (χ2n) is 9.90. The fourth-order valence-corrected chi connectivity index (χ4v) is 6.68. The van der Waals surface area contributed by atoms with Gasteiger partial charge < -0.3 is 14.4 Å². The zero-order valence-electron chi connectivity index (χ0n) is 23.1. The number of hydrogen-bond acceptors (Lipinski definition) is 7. The lowest BCUT2D eigenvalue weighted by Gasteiger charge is -2.38. The largest absolute Gasteiger partial charge is 0.465 e. The highest BCUT2D eigenvalue weighted by molar-refractivity contribution is 6.32. The van der Waals surface area contributed by atoms with E-state index in [1.165, 1.54) is 4.90 Å². The van der Waals surface area contributed by atoms with Gasteiger partial charge in [-0.3, -0.25) is 19.3 Å². The number of amides is 1. The molecule has 0 saturated carbocycles. The number of carbonyl (C=O) groups is 3. The molecule has 5 rings (SSSR count). The Bertz CT molecular complexity index is 1440. The van der Waals surface area contributed by atoms with Gasteiger partial charge >= 0.3 is 11.9 Å². The summed E-state index contributed by atoms with van der Waals surface area (Å²) in [7, 11) is 0. The Hall–Kier alpha value is -3.14. The predicted molar refractivity (Wildman–Crippen MR) is 160 cm³/mol. The van der Waals surface area contributed by atoms with Crippen LogP contribution < -0.4 is 0 Å². The molecule has 8 nitrogen and oxygen atoms in total. The third-order valence-electron chi connectivity index (χ3n) is 7.50. The average molecular weight is 631 g/mol. The number of rotatable bonds is 9. The Balaban J connectivity index is 1.77. The summed E-state index contributed by atoms with van der Waals surface area (Å²) in [4.78, 5) is 45.8. The van der Waals surface area contributed by atoms with Gasteiger partial charge in [-0.05, 0) is 37.6 Å². The van der Waals surface area contributed by atoms with Crippen molar-refractivity contribution in [3.8, 4) is 0 Å². The van der Waals surface area contributed by atoms with Crippen LogP contribution in [0.2, 0.25) is 15.1 Å². The van der Waals surface area contributed by atoms with Gasteiger partial charge in [-0.1, -0.05) is 89.4 Å². The third kappa shape index (κ3) is 5.62. The van der Waals surface area contributed by atoms with Crippen LogP contribution in [0.1, 0.15) is 48.9 Å². The minimum absolute atomic E-state index is 0.146. The molecule has 11 heteroatoms. The summed E-state index contributed by atoms with van der Waals surface area (Å²) in [5.41, 5.74) is 1.94. The molecule has 2 saturated heterocycles. The van der Waals surface area contributed by atoms with Gasteiger partial charge in [0.25, 0.3) is 0 Å². The highest BCUT2D eigenvalue weighted by Crippen LogP contribution is 2.56. The van der Waals surface area contributed by atoms with Gasteiger partial charge in [0.2, 0.25) is 5.91 Å². The average Bonchev–Trinajstić information content (AvgIpc) is 3.41. The van der Waals surface area contributed by atoms with Gasteiger partial charge in [0.05, 0.1) is 32.0 Å². The van der Waals surface area contributed by atoms with Gasteiger partial charge in [0, 0.05) is 26.2 Å². The van der Waals surface area contributed by atoms with Gasteiger partial charge in [0.1, 0.15) is 18.8 Å². The SMILES string of the molecule is CCOC(=O)CN1C(=O)[C@@H]2[C@@H](c3ccccc3Cl)N(CC(=O)OCC)[C@@H](c3ccccc3Cl)N2[C@H]1c1ccccc1Cl. The van der Waals surface area contributed by atoms with E-state index in [1.54, 1.807) is 44.2 Å². The Morgan fingerprint density at radius 2 is 1.12 bits per heavy atom. The lowest BCUT2D eigenvalue weighted by Crippen LogP contribution is -2.43. The molecule has 3 aromatic rings. The standard InChI is InChI=1S/C31H30Cl3N3O5/c1-3-41-25(38)17-35-27(19-11-5-8-14-22(19)32)28-31(40)36(18-26(39)42-4-2)30(21-13-7-10-16-24(21)34)37(28)29(35)20-12-6-9-15-23(20)33/h5-16,27-30H,3-4,17-18H2,1-2H3/t27-,28+,29-,30+/m1/s1. The van der Waals surface area contributed by atoms with Crippen LogP contribution in [-0.4, -0.2) is 64.9 Å². The van der Waals surface area contributed by atoms with Crippen LogP contribution in [0.5, 0.6) is 0 Å². The molecule has 0 unspecified atom stereocenters. The number of hydrogen-bond donors (Lipinski definition) is 0. The monoisotopic (exact) mass is 629 g/mol. The molecular weight excluding hydrogens is 601 g/mol. The van der Waals surface area contributed by atoms with Crippen molar-refractivity contribution in [1.29, 1.82) is 0 Å². The van der Waals surface area contributed by atoms with Crippen LogP contribution in [0, 0.1) is 0 Å². The van der Waals surface area contributed by atoms with E-state index in [1.807, 2.05) is 52.3 Å². The summed E-state index contributed by atoms with van der Waals surface area (Å²) < 4.78 is 10.6. The van der Waals surface area contributed by atoms with E-state index in [0.29, 0.717) is 31.8 Å². The first-order valence-corrected chi connectivity index (χ1v) is 14.8. The molecular formula is C31H30Cl3N3O5. The van der Waals surface area contributed by atoms with E-state index in [4.69, 9.17) is 44.3 Å². The normalized spacial score (nSPS) is 22.3. The van der Waals surface area contributed by atoms with Gasteiger partial charge in [-0.25, -0.2) is 4.90 Å². The predicted octanol–water partition coefficient (Wildman–Crippen LogP) is 6.04. The molecule has 0 N–H and O–H groups in total. The quantitative estimate of drug-likeness (QED) is 0.267. The van der Waals surface area contributed by atoms with Crippen molar-refractivity contribution >= 4 is 52.6 Å². The van der Waals surface area contributed by atoms with E-state index >= 15 is 0 Å². The Morgan fingerprint density at radius 3 is 1.62 bits per heavy atom. The van der Waals surface area contributed by atoms with Crippen LogP contribution in [0.15, 0.2) is 72.8 Å². The summed E-state index contributed by atoms with van der Waals surface area (Å²) >= 11 is 20.3. The van der Waals surface area contributed by atoms with Crippen molar-refractivity contribution < 1.29 is 23.9 Å². The molecule has 0 radical (unpaired) electrons. The van der Waals surface area contributed by atoms with E-state index in [2.05, 4.69) is 0 Å². The summed E-state index contributed by atoms with van der Waals surface area (Å²) in [5.74, 6) is -1.34. The lowest BCUT2D eigenvalue weighted by atomic mass is 9.98. The van der Waals surface area contributed by atoms with Gasteiger partial charge in [-0.2, -0.15) is 0 Å². The maximum atomic E-state index is 14.6. The molecule has 0 aromatic heterocycles. The molecule has 2 heterocycles. The van der Waals surface area contributed by atoms with Crippen molar-refractivity contribution in [2.24, 2.45) is 0 Å². The van der Waals surface area contributed by atoms with Crippen LogP contribution in [-0.2, 0) is 23.9 Å². The van der Waals surface area contributed by atoms with Crippen molar-refractivity contribution in [1.82, 2.24) is 14.7 Å². The van der Waals surface area contributed by atoms with Crippen LogP contribution >= 0.6 is 34.8 Å². The summed E-state index contributed by atoms with van der Waals surface area (Å²) in [6, 6.07) is 20.1. The molecule has 220 valence electrons. The number of fused-ring (bicyclic) bond motifs is 1. The van der Waals surface area contributed by atoms with Crippen LogP contribution in [0.4, 0.5) is 0 Å². The van der Waals surface area contributed by atoms with Crippen molar-refractivity contribution in [3.05, 3.63) is 105 Å². The van der Waals surface area contributed by atoms with E-state index < -0.39 is 36.4 Å². The molecule has 0 aliphatic carbocycles. The highest BCUT2D eigenvalue weighted by Gasteiger charge is 2.62. The number of nitrogens with zero attached hydrogens (tertiary/aromatic N) is 3. The zero-order valence-corrected chi connectivity index (χ0v) is 25.4. The first-order valence-electron chi connectivity index (χ1n) is 13.7. The summed E-state index contributed by atoms with van der Waals surface area (Å²) in [6.45, 7) is 3.37. The highest BCUT2D eigenvalue weighted by atomic mass is 35.5. The Morgan fingerprint density at radius 1 is 0.667 bits per heavy atom. The second-order valence-corrected chi connectivity index (χ2v) is 11.1. The van der Waals surface area contributed by atoms with Crippen molar-refractivity contribution in [3.63, 3.8) is 0 Å². The second kappa shape index (κ2) is 13.0. The maximum Gasteiger partial charge on any atom is 0.325 e. The van der Waals surface area contributed by atoms with Crippen molar-refractivity contribution in [2.75, 3.05) is 26.3 Å². The van der Waals surface area contributed by atoms with Crippen molar-refractivity contribution in [2.45, 2.75) is 38.3 Å². The Labute approximate surface area is 259 Å². The number of halogens is 3. The number of esters is 2. The maximum absolute atomic E-state index is 14.6. The first kappa shape index (κ1) is 30.3. The summed E-state index contributed by atoms with van der Waals surface area (Å²) in [5, 5.41) is 1.30. The van der Waals surface area contributed by atoms with Crippen LogP contribution in [0.25, 0.3) is 0 Å². The third-order valence-corrected chi connectivity index (χ3v) is 8.53. The molecule has 4 atom stereocenters. The minimum Gasteiger partial charge on any atom is -0.465 e. The molecule has 2 aliphatic rings. The topological polar surface area (TPSA) is 79.4 Å². The smallest absolute Gasteiger partial charge is 0.325 e. The van der Waals surface area contributed by atoms with E-state index in [-0.39, 0.29) is 32.2 Å². The van der Waals surface area contributed by atoms with E-state index in [9.17, 15) is 14.4 Å². The zero-order chi connectivity index (χ0) is 30.0. The van der Waals surface area contributed by atoms with Gasteiger partial charge in [-0.15, -0.1) is 0 Å². The number of benzene rings is 3. The fourth-order valence-electron chi connectivity index (χ4n) is 5.97. The van der Waals surface area contributed by atoms with Crippen LogP contribution in [0.3, 0.4) is 0 Å². The first-order chi connectivity index (χ1) is 20.3. The molecule has 2 aliphatic heterocycles. The number of carbonyl (C=O) groups excluding carboxylic acids is 3. The molecule has 3 aromatic carbocycles. The number of ether oxygens (including phenoxy) is 2. The molecule has 0 bridgehead atoms. The van der Waals surface area contributed by atoms with E-state index in [0.717, 1.165) is 0 Å². The fraction of sp³-hybridized carbons (Fsp3) is 0.323. The molecule has 42 heavy (non-hydrogen) atoms. The Kier molecular flexibility index (Phi) is 9.40. The molecule has 1 amide bonds.